The summed E-state index contributed by atoms with van der Waals surface area (Å²) in [7, 11) is 0. The summed E-state index contributed by atoms with van der Waals surface area (Å²) < 4.78 is 13.1. The van der Waals surface area contributed by atoms with Crippen LogP contribution in [0, 0.1) is 11.7 Å². The molecule has 2 N–H and O–H groups in total. The van der Waals surface area contributed by atoms with Gasteiger partial charge in [0.1, 0.15) is 5.82 Å². The third kappa shape index (κ3) is 4.63. The van der Waals surface area contributed by atoms with Crippen LogP contribution in [0.15, 0.2) is 24.3 Å². The molecule has 1 aromatic rings. The minimum atomic E-state index is -0.407. The molecule has 2 unspecified atom stereocenters. The van der Waals surface area contributed by atoms with Crippen LogP contribution in [0.4, 0.5) is 4.39 Å². The normalized spacial score (nSPS) is 14.2. The number of carbonyl (C=O) groups is 1. The zero-order chi connectivity index (χ0) is 14.4. The van der Waals surface area contributed by atoms with E-state index in [2.05, 4.69) is 5.32 Å². The zero-order valence-electron chi connectivity index (χ0n) is 11.7. The summed E-state index contributed by atoms with van der Waals surface area (Å²) in [5.74, 6) is -0.642. The standard InChI is InChI=1S/C15H22FNO2/c1-10(2)14(7-8-18)17-15(19)11(3)12-5-4-6-13(16)9-12/h4-6,9-11,14,18H,7-8H2,1-3H3,(H,17,19). The number of amides is 1. The van der Waals surface area contributed by atoms with Crippen molar-refractivity contribution in [2.75, 3.05) is 6.61 Å². The van der Waals surface area contributed by atoms with E-state index in [-0.39, 0.29) is 30.3 Å². The molecule has 0 saturated heterocycles. The number of nitrogens with one attached hydrogen (secondary N) is 1. The van der Waals surface area contributed by atoms with Crippen LogP contribution < -0.4 is 5.32 Å². The average Bonchev–Trinajstić information content (AvgIpc) is 2.37. The molecular weight excluding hydrogens is 245 g/mol. The van der Waals surface area contributed by atoms with E-state index < -0.39 is 5.92 Å². The number of benzene rings is 1. The zero-order valence-corrected chi connectivity index (χ0v) is 11.7. The Morgan fingerprint density at radius 3 is 2.58 bits per heavy atom. The lowest BCUT2D eigenvalue weighted by Crippen LogP contribution is -2.41. The summed E-state index contributed by atoms with van der Waals surface area (Å²) in [6, 6.07) is 6.01. The molecule has 0 bridgehead atoms. The van der Waals surface area contributed by atoms with E-state index in [9.17, 15) is 9.18 Å². The Morgan fingerprint density at radius 2 is 2.05 bits per heavy atom. The van der Waals surface area contributed by atoms with Crippen molar-refractivity contribution in [3.05, 3.63) is 35.6 Å². The Balaban J connectivity index is 2.71. The lowest BCUT2D eigenvalue weighted by Gasteiger charge is -2.23. The maximum atomic E-state index is 13.1. The van der Waals surface area contributed by atoms with Gasteiger partial charge in [-0.2, -0.15) is 0 Å². The summed E-state index contributed by atoms with van der Waals surface area (Å²) in [5, 5.41) is 11.9. The Morgan fingerprint density at radius 1 is 1.37 bits per heavy atom. The number of carbonyl (C=O) groups excluding carboxylic acids is 1. The van der Waals surface area contributed by atoms with Gasteiger partial charge in [0, 0.05) is 12.6 Å². The minimum Gasteiger partial charge on any atom is -0.396 e. The van der Waals surface area contributed by atoms with Crippen molar-refractivity contribution in [2.45, 2.75) is 39.2 Å². The van der Waals surface area contributed by atoms with Crippen LogP contribution in [0.25, 0.3) is 0 Å². The molecule has 0 aliphatic carbocycles. The highest BCUT2D eigenvalue weighted by atomic mass is 19.1. The molecular formula is C15H22FNO2. The maximum Gasteiger partial charge on any atom is 0.227 e. The van der Waals surface area contributed by atoms with Gasteiger partial charge in [-0.25, -0.2) is 4.39 Å². The summed E-state index contributed by atoms with van der Waals surface area (Å²) >= 11 is 0. The van der Waals surface area contributed by atoms with Gasteiger partial charge in [0.2, 0.25) is 5.91 Å². The molecule has 106 valence electrons. The number of rotatable bonds is 6. The number of aliphatic hydroxyl groups excluding tert-OH is 1. The molecule has 4 heteroatoms. The molecule has 0 spiro atoms. The van der Waals surface area contributed by atoms with Gasteiger partial charge in [-0.15, -0.1) is 0 Å². The van der Waals surface area contributed by atoms with Crippen molar-refractivity contribution in [2.24, 2.45) is 5.92 Å². The Hall–Kier alpha value is -1.42. The molecule has 0 aromatic heterocycles. The maximum absolute atomic E-state index is 13.1. The van der Waals surface area contributed by atoms with Crippen molar-refractivity contribution in [1.29, 1.82) is 0 Å². The third-order valence-corrected chi connectivity index (χ3v) is 3.31. The van der Waals surface area contributed by atoms with Crippen LogP contribution in [0.2, 0.25) is 0 Å². The largest absolute Gasteiger partial charge is 0.396 e. The summed E-state index contributed by atoms with van der Waals surface area (Å²) in [6.07, 6.45) is 0.527. The first kappa shape index (κ1) is 15.6. The fourth-order valence-corrected chi connectivity index (χ4v) is 1.95. The van der Waals surface area contributed by atoms with Gasteiger partial charge in [-0.05, 0) is 37.0 Å². The van der Waals surface area contributed by atoms with Crippen molar-refractivity contribution in [3.8, 4) is 0 Å². The van der Waals surface area contributed by atoms with Crippen LogP contribution in [0.1, 0.15) is 38.7 Å². The second kappa shape index (κ2) is 7.24. The van der Waals surface area contributed by atoms with Gasteiger partial charge in [-0.3, -0.25) is 4.79 Å². The fraction of sp³-hybridized carbons (Fsp3) is 0.533. The molecule has 1 amide bonds. The lowest BCUT2D eigenvalue weighted by molar-refractivity contribution is -0.123. The Bertz CT molecular complexity index is 420. The third-order valence-electron chi connectivity index (χ3n) is 3.31. The van der Waals surface area contributed by atoms with Gasteiger partial charge in [0.25, 0.3) is 0 Å². The second-order valence-electron chi connectivity index (χ2n) is 5.15. The molecule has 19 heavy (non-hydrogen) atoms. The molecule has 0 radical (unpaired) electrons. The van der Waals surface area contributed by atoms with Gasteiger partial charge >= 0.3 is 0 Å². The second-order valence-corrected chi connectivity index (χ2v) is 5.15. The van der Waals surface area contributed by atoms with Crippen molar-refractivity contribution in [1.82, 2.24) is 5.32 Å². The first-order chi connectivity index (χ1) is 8.95. The predicted molar refractivity (Wildman–Crippen MR) is 73.3 cm³/mol. The monoisotopic (exact) mass is 267 g/mol. The summed E-state index contributed by atoms with van der Waals surface area (Å²) in [5.41, 5.74) is 0.656. The van der Waals surface area contributed by atoms with Crippen LogP contribution >= 0.6 is 0 Å². The van der Waals surface area contributed by atoms with Gasteiger partial charge < -0.3 is 10.4 Å². The molecule has 0 fully saturated rings. The van der Waals surface area contributed by atoms with Crippen molar-refractivity contribution >= 4 is 5.91 Å². The van der Waals surface area contributed by atoms with E-state index in [1.54, 1.807) is 19.1 Å². The van der Waals surface area contributed by atoms with E-state index in [1.807, 2.05) is 13.8 Å². The fourth-order valence-electron chi connectivity index (χ4n) is 1.95. The molecule has 0 heterocycles. The van der Waals surface area contributed by atoms with Crippen LogP contribution in [0.3, 0.4) is 0 Å². The smallest absolute Gasteiger partial charge is 0.227 e. The SMILES string of the molecule is CC(C(=O)NC(CCO)C(C)C)c1cccc(F)c1. The molecule has 3 nitrogen and oxygen atoms in total. The first-order valence-electron chi connectivity index (χ1n) is 6.62. The minimum absolute atomic E-state index is 0.0392. The lowest BCUT2D eigenvalue weighted by atomic mass is 9.97. The average molecular weight is 267 g/mol. The quantitative estimate of drug-likeness (QED) is 0.831. The predicted octanol–water partition coefficient (Wildman–Crippen LogP) is 2.45. The number of halogens is 1. The van der Waals surface area contributed by atoms with E-state index in [0.717, 1.165) is 0 Å². The summed E-state index contributed by atoms with van der Waals surface area (Å²) in [4.78, 5) is 12.1. The summed E-state index contributed by atoms with van der Waals surface area (Å²) in [6.45, 7) is 5.78. The van der Waals surface area contributed by atoms with Gasteiger partial charge in [-0.1, -0.05) is 26.0 Å². The Labute approximate surface area is 113 Å². The molecule has 0 saturated carbocycles. The van der Waals surface area contributed by atoms with Crippen LogP contribution in [-0.2, 0) is 4.79 Å². The molecule has 1 aromatic carbocycles. The first-order valence-corrected chi connectivity index (χ1v) is 6.62. The van der Waals surface area contributed by atoms with Crippen molar-refractivity contribution in [3.63, 3.8) is 0 Å². The van der Waals surface area contributed by atoms with E-state index in [1.165, 1.54) is 12.1 Å². The van der Waals surface area contributed by atoms with E-state index in [0.29, 0.717) is 12.0 Å². The van der Waals surface area contributed by atoms with Crippen LogP contribution in [0.5, 0.6) is 0 Å². The van der Waals surface area contributed by atoms with E-state index >= 15 is 0 Å². The molecule has 2 atom stereocenters. The highest BCUT2D eigenvalue weighted by Crippen LogP contribution is 2.17. The van der Waals surface area contributed by atoms with Gasteiger partial charge in [0.05, 0.1) is 5.92 Å². The number of aliphatic hydroxyl groups is 1. The van der Waals surface area contributed by atoms with Crippen LogP contribution in [-0.4, -0.2) is 23.7 Å². The molecule has 1 rings (SSSR count). The van der Waals surface area contributed by atoms with Crippen molar-refractivity contribution < 1.29 is 14.3 Å². The molecule has 0 aliphatic heterocycles. The Kier molecular flexibility index (Phi) is 5.96. The molecule has 0 aliphatic rings. The number of hydrogen-bond donors (Lipinski definition) is 2. The topological polar surface area (TPSA) is 49.3 Å². The number of hydrogen-bond acceptors (Lipinski definition) is 2. The van der Waals surface area contributed by atoms with E-state index in [4.69, 9.17) is 5.11 Å². The highest BCUT2D eigenvalue weighted by Gasteiger charge is 2.21. The highest BCUT2D eigenvalue weighted by molar-refractivity contribution is 5.83. The van der Waals surface area contributed by atoms with Gasteiger partial charge in [0.15, 0.2) is 0 Å².